The van der Waals surface area contributed by atoms with E-state index in [1.807, 2.05) is 18.2 Å². The molecule has 1 unspecified atom stereocenters. The van der Waals surface area contributed by atoms with E-state index < -0.39 is 0 Å². The molecule has 3 nitrogen and oxygen atoms in total. The zero-order valence-electron chi connectivity index (χ0n) is 11.4. The highest BCUT2D eigenvalue weighted by atomic mass is 79.9. The first kappa shape index (κ1) is 16.9. The molecule has 5 heteroatoms. The van der Waals surface area contributed by atoms with E-state index in [0.29, 0.717) is 17.6 Å². The van der Waals surface area contributed by atoms with Gasteiger partial charge in [-0.15, -0.1) is 0 Å². The van der Waals surface area contributed by atoms with Gasteiger partial charge < -0.3 is 10.8 Å². The second-order valence-corrected chi connectivity index (χ2v) is 6.24. The van der Waals surface area contributed by atoms with E-state index in [-0.39, 0.29) is 12.6 Å². The van der Waals surface area contributed by atoms with Crippen molar-refractivity contribution >= 4 is 27.5 Å². The third-order valence-corrected chi connectivity index (χ3v) is 4.03. The van der Waals surface area contributed by atoms with Crippen LogP contribution in [0.1, 0.15) is 31.9 Å². The number of hydrogen-bond donors (Lipinski definition) is 2. The lowest BCUT2D eigenvalue weighted by Crippen LogP contribution is -2.35. The number of nitrogens with two attached hydrogens (primary N) is 1. The molecule has 0 saturated heterocycles. The van der Waals surface area contributed by atoms with Gasteiger partial charge in [-0.1, -0.05) is 33.6 Å². The van der Waals surface area contributed by atoms with Crippen LogP contribution in [0.4, 0.5) is 0 Å². The van der Waals surface area contributed by atoms with Gasteiger partial charge in [0.25, 0.3) is 0 Å². The second-order valence-electron chi connectivity index (χ2n) is 4.91. The maximum atomic E-state index is 9.04. The summed E-state index contributed by atoms with van der Waals surface area (Å²) >= 11 is 9.59. The summed E-state index contributed by atoms with van der Waals surface area (Å²) < 4.78 is 0.956. The van der Waals surface area contributed by atoms with Gasteiger partial charge in [0.2, 0.25) is 0 Å². The molecule has 0 radical (unpaired) electrons. The van der Waals surface area contributed by atoms with Crippen LogP contribution in [0, 0.1) is 0 Å². The van der Waals surface area contributed by atoms with E-state index >= 15 is 0 Å². The fourth-order valence-corrected chi connectivity index (χ4v) is 2.83. The van der Waals surface area contributed by atoms with Crippen LogP contribution in [-0.4, -0.2) is 35.7 Å². The number of benzene rings is 1. The van der Waals surface area contributed by atoms with Gasteiger partial charge in [-0.05, 0) is 38.0 Å². The fraction of sp³-hybridized carbons (Fsp3) is 0.571. The normalized spacial score (nSPS) is 13.3. The average Bonchev–Trinajstić information content (AvgIpc) is 2.33. The molecular formula is C14H22BrClN2O. The van der Waals surface area contributed by atoms with Gasteiger partial charge in [0.1, 0.15) is 0 Å². The van der Waals surface area contributed by atoms with E-state index in [2.05, 4.69) is 34.7 Å². The van der Waals surface area contributed by atoms with Crippen LogP contribution in [-0.2, 0) is 0 Å². The molecule has 0 amide bonds. The molecule has 3 N–H and O–H groups in total. The van der Waals surface area contributed by atoms with Crippen LogP contribution in [0.3, 0.4) is 0 Å². The molecule has 0 aliphatic rings. The van der Waals surface area contributed by atoms with E-state index in [4.69, 9.17) is 22.4 Å². The Hall–Kier alpha value is -0.130. The number of hydrogen-bond acceptors (Lipinski definition) is 3. The van der Waals surface area contributed by atoms with Crippen LogP contribution < -0.4 is 5.73 Å². The summed E-state index contributed by atoms with van der Waals surface area (Å²) in [5.74, 6) is 0. The molecule has 1 aromatic carbocycles. The molecule has 0 heterocycles. The Labute approximate surface area is 128 Å². The lowest BCUT2D eigenvalue weighted by Gasteiger charge is -2.27. The van der Waals surface area contributed by atoms with Crippen molar-refractivity contribution < 1.29 is 5.11 Å². The summed E-state index contributed by atoms with van der Waals surface area (Å²) in [4.78, 5) is 2.21. The largest absolute Gasteiger partial charge is 0.395 e. The predicted molar refractivity (Wildman–Crippen MR) is 84.5 cm³/mol. The van der Waals surface area contributed by atoms with E-state index in [0.717, 1.165) is 23.0 Å². The molecule has 0 bridgehead atoms. The molecule has 0 saturated carbocycles. The molecule has 19 heavy (non-hydrogen) atoms. The molecule has 0 spiro atoms. The topological polar surface area (TPSA) is 49.5 Å². The van der Waals surface area contributed by atoms with Crippen molar-refractivity contribution in [2.24, 2.45) is 5.73 Å². The second kappa shape index (κ2) is 8.22. The van der Waals surface area contributed by atoms with Crippen LogP contribution in [0.25, 0.3) is 0 Å². The highest BCUT2D eigenvalue weighted by molar-refractivity contribution is 9.10. The minimum atomic E-state index is -0.0828. The maximum absolute atomic E-state index is 9.04. The summed E-state index contributed by atoms with van der Waals surface area (Å²) in [6, 6.07) is 6.10. The third kappa shape index (κ3) is 5.40. The van der Waals surface area contributed by atoms with Gasteiger partial charge in [0.15, 0.2) is 0 Å². The number of halogens is 2. The fourth-order valence-electron chi connectivity index (χ4n) is 2.02. The smallest absolute Gasteiger partial charge is 0.0558 e. The summed E-state index contributed by atoms with van der Waals surface area (Å²) in [6.45, 7) is 5.94. The highest BCUT2D eigenvalue weighted by Crippen LogP contribution is 2.27. The van der Waals surface area contributed by atoms with Crippen LogP contribution in [0.2, 0.25) is 5.02 Å². The number of nitrogens with zero attached hydrogens (tertiary/aromatic N) is 1. The Morgan fingerprint density at radius 2 is 2.05 bits per heavy atom. The minimum Gasteiger partial charge on any atom is -0.395 e. The predicted octanol–water partition coefficient (Wildman–Crippen LogP) is 3.20. The summed E-state index contributed by atoms with van der Waals surface area (Å²) in [7, 11) is 0. The van der Waals surface area contributed by atoms with E-state index in [1.54, 1.807) is 0 Å². The Morgan fingerprint density at radius 1 is 1.37 bits per heavy atom. The minimum absolute atomic E-state index is 0.0828. The van der Waals surface area contributed by atoms with Gasteiger partial charge in [0.05, 0.1) is 6.61 Å². The zero-order chi connectivity index (χ0) is 14.4. The molecule has 0 aromatic heterocycles. The molecule has 108 valence electrons. The van der Waals surface area contributed by atoms with Gasteiger partial charge in [0, 0.05) is 34.7 Å². The summed E-state index contributed by atoms with van der Waals surface area (Å²) in [5, 5.41) is 9.74. The monoisotopic (exact) mass is 348 g/mol. The molecule has 1 aromatic rings. The van der Waals surface area contributed by atoms with Crippen molar-refractivity contribution in [1.29, 1.82) is 0 Å². The van der Waals surface area contributed by atoms with Crippen molar-refractivity contribution in [3.63, 3.8) is 0 Å². The quantitative estimate of drug-likeness (QED) is 0.795. The van der Waals surface area contributed by atoms with Crippen molar-refractivity contribution in [2.75, 3.05) is 19.7 Å². The third-order valence-electron chi connectivity index (χ3n) is 3.21. The van der Waals surface area contributed by atoms with Gasteiger partial charge >= 0.3 is 0 Å². The summed E-state index contributed by atoms with van der Waals surface area (Å²) in [6.07, 6.45) is 0.819. The molecule has 0 fully saturated rings. The Morgan fingerprint density at radius 3 is 2.58 bits per heavy atom. The lowest BCUT2D eigenvalue weighted by molar-refractivity contribution is 0.161. The average molecular weight is 350 g/mol. The number of aliphatic hydroxyl groups excluding tert-OH is 1. The standard InChI is InChI=1S/C14H22BrClN2O/c1-10(2)18(7-8-19)6-5-14(17)12-4-3-11(15)9-13(12)16/h3-4,9-10,14,19H,5-8,17H2,1-2H3. The highest BCUT2D eigenvalue weighted by Gasteiger charge is 2.14. The van der Waals surface area contributed by atoms with Gasteiger partial charge in [-0.2, -0.15) is 0 Å². The molecule has 0 aliphatic carbocycles. The number of aliphatic hydroxyl groups is 1. The maximum Gasteiger partial charge on any atom is 0.0558 e. The molecular weight excluding hydrogens is 328 g/mol. The molecule has 1 atom stereocenters. The first-order valence-corrected chi connectivity index (χ1v) is 7.68. The van der Waals surface area contributed by atoms with Crippen LogP contribution in [0.5, 0.6) is 0 Å². The van der Waals surface area contributed by atoms with Crippen molar-refractivity contribution in [1.82, 2.24) is 4.90 Å². The summed E-state index contributed by atoms with van der Waals surface area (Å²) in [5.41, 5.74) is 7.17. The first-order valence-electron chi connectivity index (χ1n) is 6.51. The Bertz CT molecular complexity index is 401. The SMILES string of the molecule is CC(C)N(CCO)CCC(N)c1ccc(Br)cc1Cl. The van der Waals surface area contributed by atoms with Crippen molar-refractivity contribution in [3.05, 3.63) is 33.3 Å². The first-order chi connectivity index (χ1) is 8.95. The Balaban J connectivity index is 2.61. The number of rotatable bonds is 7. The van der Waals surface area contributed by atoms with Crippen LogP contribution >= 0.6 is 27.5 Å². The Kier molecular flexibility index (Phi) is 7.32. The van der Waals surface area contributed by atoms with Crippen LogP contribution in [0.15, 0.2) is 22.7 Å². The molecule has 0 aliphatic heterocycles. The van der Waals surface area contributed by atoms with E-state index in [1.165, 1.54) is 0 Å². The van der Waals surface area contributed by atoms with Crippen molar-refractivity contribution in [2.45, 2.75) is 32.4 Å². The van der Waals surface area contributed by atoms with Gasteiger partial charge in [-0.25, -0.2) is 0 Å². The lowest BCUT2D eigenvalue weighted by atomic mass is 10.0. The van der Waals surface area contributed by atoms with Gasteiger partial charge in [-0.3, -0.25) is 4.90 Å². The van der Waals surface area contributed by atoms with Crippen molar-refractivity contribution in [3.8, 4) is 0 Å². The zero-order valence-corrected chi connectivity index (χ0v) is 13.8. The van der Waals surface area contributed by atoms with E-state index in [9.17, 15) is 0 Å². The molecule has 1 rings (SSSR count).